The number of nitrogens with zero attached hydrogens (tertiary/aromatic N) is 2. The molecule has 0 saturated heterocycles. The predicted molar refractivity (Wildman–Crippen MR) is 65.2 cm³/mol. The molecule has 0 fully saturated rings. The average Bonchev–Trinajstić information content (AvgIpc) is 2.19. The third kappa shape index (κ3) is 2.99. The maximum atomic E-state index is 13.5. The molecule has 0 saturated carbocycles. The lowest BCUT2D eigenvalue weighted by atomic mass is 10.2. The molecule has 4 N–H and O–H groups in total. The van der Waals surface area contributed by atoms with Crippen LogP contribution in [0.3, 0.4) is 0 Å². The Kier molecular flexibility index (Phi) is 4.36. The van der Waals surface area contributed by atoms with Gasteiger partial charge in [-0.3, -0.25) is 0 Å². The van der Waals surface area contributed by atoms with Crippen LogP contribution < -0.4 is 11.5 Å². The molecule has 4 nitrogen and oxygen atoms in total. The van der Waals surface area contributed by atoms with E-state index in [0.29, 0.717) is 0 Å². The van der Waals surface area contributed by atoms with Crippen molar-refractivity contribution in [1.82, 2.24) is 0 Å². The molecule has 0 unspecified atom stereocenters. The Hall–Kier alpha value is -1.02. The van der Waals surface area contributed by atoms with Crippen LogP contribution in [0.25, 0.3) is 0 Å². The van der Waals surface area contributed by atoms with Gasteiger partial charge in [-0.2, -0.15) is 5.10 Å². The van der Waals surface area contributed by atoms with Crippen molar-refractivity contribution >= 4 is 44.0 Å². The number of halogens is 4. The highest BCUT2D eigenvalue weighted by Gasteiger charge is 2.13. The summed E-state index contributed by atoms with van der Waals surface area (Å²) in [6, 6.07) is 1.10. The summed E-state index contributed by atoms with van der Waals surface area (Å²) in [5.41, 5.74) is 10.1. The van der Waals surface area contributed by atoms with Gasteiger partial charge in [-0.1, -0.05) is 0 Å². The maximum Gasteiger partial charge on any atom is 0.211 e. The fourth-order valence-electron chi connectivity index (χ4n) is 0.852. The molecule has 1 aromatic carbocycles. The van der Waals surface area contributed by atoms with E-state index in [0.717, 1.165) is 12.3 Å². The lowest BCUT2D eigenvalue weighted by Gasteiger charge is -2.03. The smallest absolute Gasteiger partial charge is 0.211 e. The third-order valence-corrected chi connectivity index (χ3v) is 2.89. The van der Waals surface area contributed by atoms with Crippen molar-refractivity contribution in [1.29, 1.82) is 0 Å². The van der Waals surface area contributed by atoms with Crippen molar-refractivity contribution < 1.29 is 8.78 Å². The van der Waals surface area contributed by atoms with Crippen LogP contribution in [0.5, 0.6) is 0 Å². The first-order chi connectivity index (χ1) is 7.43. The van der Waals surface area contributed by atoms with Crippen molar-refractivity contribution in [3.8, 4) is 0 Å². The molecule has 86 valence electrons. The van der Waals surface area contributed by atoms with E-state index in [-0.39, 0.29) is 20.5 Å². The van der Waals surface area contributed by atoms with Crippen molar-refractivity contribution in [2.75, 3.05) is 0 Å². The van der Waals surface area contributed by atoms with Gasteiger partial charge in [-0.25, -0.2) is 8.78 Å². The second-order valence-corrected chi connectivity index (χ2v) is 4.30. The lowest BCUT2D eigenvalue weighted by Crippen LogP contribution is -2.21. The molecule has 0 aliphatic heterocycles. The number of hydrogen-bond acceptors (Lipinski definition) is 2. The normalized spacial score (nSPS) is 10.8. The topological polar surface area (TPSA) is 76.8 Å². The van der Waals surface area contributed by atoms with E-state index in [1.165, 1.54) is 0 Å². The number of hydrogen-bond donors (Lipinski definition) is 2. The second-order valence-electron chi connectivity index (χ2n) is 2.65. The molecule has 1 rings (SSSR count). The first kappa shape index (κ1) is 13.0. The number of guanidine groups is 1. The van der Waals surface area contributed by atoms with Crippen molar-refractivity contribution in [2.45, 2.75) is 0 Å². The van der Waals surface area contributed by atoms with E-state index in [2.05, 4.69) is 42.1 Å². The van der Waals surface area contributed by atoms with E-state index in [1.54, 1.807) is 0 Å². The Morgan fingerprint density at radius 3 is 2.50 bits per heavy atom. The number of nitrogens with two attached hydrogens (primary N) is 2. The molecule has 0 atom stereocenters. The zero-order valence-electron chi connectivity index (χ0n) is 7.72. The number of benzene rings is 1. The summed E-state index contributed by atoms with van der Waals surface area (Å²) < 4.78 is 26.5. The molecule has 0 aliphatic carbocycles. The van der Waals surface area contributed by atoms with Crippen LogP contribution in [0.4, 0.5) is 8.78 Å². The molecule has 0 aromatic heterocycles. The quantitative estimate of drug-likeness (QED) is 0.280. The SMILES string of the molecule is NC(N)=NN=Cc1c(Br)cc(F)c(Br)c1F. The molecule has 0 amide bonds. The molecule has 0 spiro atoms. The summed E-state index contributed by atoms with van der Waals surface area (Å²) in [5.74, 6) is -1.77. The van der Waals surface area contributed by atoms with Crippen molar-refractivity contribution in [3.05, 3.63) is 32.2 Å². The van der Waals surface area contributed by atoms with Gasteiger partial charge < -0.3 is 11.5 Å². The van der Waals surface area contributed by atoms with Gasteiger partial charge in [-0.05, 0) is 37.9 Å². The minimum Gasteiger partial charge on any atom is -0.369 e. The van der Waals surface area contributed by atoms with E-state index < -0.39 is 11.6 Å². The van der Waals surface area contributed by atoms with E-state index in [1.807, 2.05) is 0 Å². The van der Waals surface area contributed by atoms with Crippen molar-refractivity contribution in [3.63, 3.8) is 0 Å². The summed E-state index contributed by atoms with van der Waals surface area (Å²) in [5, 5.41) is 6.73. The largest absolute Gasteiger partial charge is 0.369 e. The molecule has 1 aromatic rings. The van der Waals surface area contributed by atoms with Crippen LogP contribution in [0.2, 0.25) is 0 Å². The van der Waals surface area contributed by atoms with E-state index in [4.69, 9.17) is 11.5 Å². The Balaban J connectivity index is 3.20. The third-order valence-electron chi connectivity index (χ3n) is 1.51. The molecular weight excluding hydrogens is 350 g/mol. The van der Waals surface area contributed by atoms with Crippen LogP contribution in [-0.2, 0) is 0 Å². The van der Waals surface area contributed by atoms with Crippen LogP contribution in [0, 0.1) is 11.6 Å². The van der Waals surface area contributed by atoms with Crippen LogP contribution in [0.15, 0.2) is 25.2 Å². The monoisotopic (exact) mass is 354 g/mol. The van der Waals surface area contributed by atoms with Gasteiger partial charge in [0.1, 0.15) is 11.6 Å². The van der Waals surface area contributed by atoms with Gasteiger partial charge in [-0.15, -0.1) is 5.10 Å². The Labute approximate surface area is 107 Å². The van der Waals surface area contributed by atoms with Gasteiger partial charge in [0, 0.05) is 10.0 Å². The summed E-state index contributed by atoms with van der Waals surface area (Å²) in [6.45, 7) is 0. The zero-order chi connectivity index (χ0) is 12.3. The number of rotatable bonds is 2. The van der Waals surface area contributed by atoms with Gasteiger partial charge in [0.25, 0.3) is 0 Å². The fourth-order valence-corrected chi connectivity index (χ4v) is 1.66. The van der Waals surface area contributed by atoms with Gasteiger partial charge in [0.2, 0.25) is 5.96 Å². The van der Waals surface area contributed by atoms with Crippen LogP contribution in [0.1, 0.15) is 5.56 Å². The Bertz CT molecular complexity index is 470. The molecule has 16 heavy (non-hydrogen) atoms. The zero-order valence-corrected chi connectivity index (χ0v) is 10.9. The molecule has 0 bridgehead atoms. The van der Waals surface area contributed by atoms with Crippen LogP contribution in [-0.4, -0.2) is 12.2 Å². The second kappa shape index (κ2) is 5.35. The molecule has 0 heterocycles. The highest BCUT2D eigenvalue weighted by atomic mass is 79.9. The summed E-state index contributed by atoms with van der Waals surface area (Å²) in [7, 11) is 0. The van der Waals surface area contributed by atoms with E-state index >= 15 is 0 Å². The standard InChI is InChI=1S/C8H6Br2F2N4/c9-4-1-5(11)6(10)7(12)3(4)2-15-16-8(13)14/h1-2H,(H4,13,14,16). The Morgan fingerprint density at radius 1 is 1.31 bits per heavy atom. The minimum absolute atomic E-state index is 0.0401. The van der Waals surface area contributed by atoms with Gasteiger partial charge in [0.15, 0.2) is 0 Å². The predicted octanol–water partition coefficient (Wildman–Crippen LogP) is 2.10. The average molecular weight is 356 g/mol. The Morgan fingerprint density at radius 2 is 1.94 bits per heavy atom. The molecule has 8 heteroatoms. The van der Waals surface area contributed by atoms with Gasteiger partial charge in [0.05, 0.1) is 10.7 Å². The maximum absolute atomic E-state index is 13.5. The lowest BCUT2D eigenvalue weighted by molar-refractivity contribution is 0.569. The summed E-state index contributed by atoms with van der Waals surface area (Å²) in [6.07, 6.45) is 1.07. The molecule has 0 aliphatic rings. The summed E-state index contributed by atoms with van der Waals surface area (Å²) >= 11 is 5.76. The first-order valence-corrected chi connectivity index (χ1v) is 5.47. The fraction of sp³-hybridized carbons (Fsp3) is 0. The minimum atomic E-state index is -0.790. The van der Waals surface area contributed by atoms with E-state index in [9.17, 15) is 8.78 Å². The highest BCUT2D eigenvalue weighted by Crippen LogP contribution is 2.28. The molecule has 0 radical (unpaired) electrons. The first-order valence-electron chi connectivity index (χ1n) is 3.88. The van der Waals surface area contributed by atoms with Gasteiger partial charge >= 0.3 is 0 Å². The van der Waals surface area contributed by atoms with Crippen molar-refractivity contribution in [2.24, 2.45) is 21.7 Å². The highest BCUT2D eigenvalue weighted by molar-refractivity contribution is 9.11. The molecular formula is C8H6Br2F2N4. The van der Waals surface area contributed by atoms with Crippen LogP contribution >= 0.6 is 31.9 Å². The summed E-state index contributed by atoms with van der Waals surface area (Å²) in [4.78, 5) is 0.